The van der Waals surface area contributed by atoms with Crippen molar-refractivity contribution in [3.05, 3.63) is 34.3 Å². The van der Waals surface area contributed by atoms with Crippen molar-refractivity contribution in [2.24, 2.45) is 5.92 Å². The van der Waals surface area contributed by atoms with Gasteiger partial charge in [0.05, 0.1) is 22.3 Å². The summed E-state index contributed by atoms with van der Waals surface area (Å²) in [5.74, 6) is -0.138. The van der Waals surface area contributed by atoms with Gasteiger partial charge in [-0.2, -0.15) is 0 Å². The first kappa shape index (κ1) is 19.6. The molecule has 0 bridgehead atoms. The van der Waals surface area contributed by atoms with Crippen LogP contribution in [0.2, 0.25) is 0 Å². The van der Waals surface area contributed by atoms with Crippen molar-refractivity contribution < 1.29 is 22.7 Å². The van der Waals surface area contributed by atoms with E-state index in [0.29, 0.717) is 48.3 Å². The van der Waals surface area contributed by atoms with Gasteiger partial charge in [-0.25, -0.2) is 13.2 Å². The Morgan fingerprint density at radius 1 is 1.27 bits per heavy atom. The summed E-state index contributed by atoms with van der Waals surface area (Å²) >= 11 is 3.38. The first-order chi connectivity index (χ1) is 12.4. The summed E-state index contributed by atoms with van der Waals surface area (Å²) in [4.78, 5) is 12.8. The minimum absolute atomic E-state index is 0.247. The highest BCUT2D eigenvalue weighted by molar-refractivity contribution is 9.10. The third-order valence-corrected chi connectivity index (χ3v) is 7.91. The predicted octanol–water partition coefficient (Wildman–Crippen LogP) is 3.76. The lowest BCUT2D eigenvalue weighted by Crippen LogP contribution is -2.16. The standard InChI is InChI=1S/C19H23BrO5S/c1-2-25-19(21)16(11-13-7-9-24-10-8-13)14-3-6-18(17(20)12-14)26(22,23)15-4-5-15/h3,6,11-13,15H,2,4-5,7-10H2,1H3/b16-11-. The fourth-order valence-corrected chi connectivity index (χ4v) is 5.83. The molecule has 1 aliphatic carbocycles. The molecule has 1 heterocycles. The number of allylic oxidation sites excluding steroid dienone is 1. The molecule has 1 saturated carbocycles. The van der Waals surface area contributed by atoms with Crippen molar-refractivity contribution in [2.45, 2.75) is 42.8 Å². The van der Waals surface area contributed by atoms with Gasteiger partial charge in [-0.1, -0.05) is 12.1 Å². The van der Waals surface area contributed by atoms with Crippen LogP contribution in [0.3, 0.4) is 0 Å². The second-order valence-electron chi connectivity index (χ2n) is 6.64. The molecule has 0 atom stereocenters. The molecule has 1 aromatic carbocycles. The molecule has 1 saturated heterocycles. The molecule has 0 unspecified atom stereocenters. The van der Waals surface area contributed by atoms with E-state index in [-0.39, 0.29) is 22.0 Å². The minimum atomic E-state index is -3.30. The van der Waals surface area contributed by atoms with E-state index in [9.17, 15) is 13.2 Å². The monoisotopic (exact) mass is 442 g/mol. The number of hydrogen-bond donors (Lipinski definition) is 0. The number of benzene rings is 1. The molecule has 2 fully saturated rings. The molecule has 1 aliphatic heterocycles. The number of halogens is 1. The number of rotatable bonds is 6. The van der Waals surface area contributed by atoms with Crippen LogP contribution in [-0.4, -0.2) is 39.5 Å². The maximum atomic E-state index is 12.5. The SMILES string of the molecule is CCOC(=O)/C(=C\C1CCOCC1)c1ccc(S(=O)(=O)C2CC2)c(Br)c1. The average molecular weight is 443 g/mol. The summed E-state index contributed by atoms with van der Waals surface area (Å²) < 4.78 is 36.1. The highest BCUT2D eigenvalue weighted by Crippen LogP contribution is 2.37. The number of carbonyl (C=O) groups is 1. The summed E-state index contributed by atoms with van der Waals surface area (Å²) in [5.41, 5.74) is 1.14. The number of ether oxygens (including phenoxy) is 2. The Morgan fingerprint density at radius 3 is 2.54 bits per heavy atom. The molecule has 0 aromatic heterocycles. The van der Waals surface area contributed by atoms with E-state index < -0.39 is 9.84 Å². The number of carbonyl (C=O) groups excluding carboxylic acids is 1. The Bertz CT molecular complexity index is 805. The third kappa shape index (κ3) is 4.38. The van der Waals surface area contributed by atoms with Gasteiger partial charge in [0.15, 0.2) is 9.84 Å². The molecule has 7 heteroatoms. The quantitative estimate of drug-likeness (QED) is 0.495. The Morgan fingerprint density at radius 2 is 1.96 bits per heavy atom. The number of sulfone groups is 1. The summed E-state index contributed by atoms with van der Waals surface area (Å²) in [5, 5.41) is -0.271. The molecule has 0 radical (unpaired) electrons. The molecule has 0 N–H and O–H groups in total. The summed E-state index contributed by atoms with van der Waals surface area (Å²) in [7, 11) is -3.30. The second-order valence-corrected chi connectivity index (χ2v) is 9.69. The van der Waals surface area contributed by atoms with E-state index in [2.05, 4.69) is 15.9 Å². The molecule has 0 spiro atoms. The lowest BCUT2D eigenvalue weighted by atomic mass is 9.94. The van der Waals surface area contributed by atoms with Crippen molar-refractivity contribution in [3.63, 3.8) is 0 Å². The fourth-order valence-electron chi connectivity index (χ4n) is 3.07. The fraction of sp³-hybridized carbons (Fsp3) is 0.526. The molecule has 142 valence electrons. The topological polar surface area (TPSA) is 69.7 Å². The zero-order chi connectivity index (χ0) is 18.7. The first-order valence-corrected chi connectivity index (χ1v) is 11.3. The van der Waals surface area contributed by atoms with Gasteiger partial charge in [0.2, 0.25) is 0 Å². The molecule has 1 aromatic rings. The van der Waals surface area contributed by atoms with Crippen molar-refractivity contribution in [1.29, 1.82) is 0 Å². The van der Waals surface area contributed by atoms with Crippen LogP contribution in [0.1, 0.15) is 38.2 Å². The number of esters is 1. The largest absolute Gasteiger partial charge is 0.462 e. The van der Waals surface area contributed by atoms with E-state index in [1.807, 2.05) is 6.08 Å². The van der Waals surface area contributed by atoms with Gasteiger partial charge in [0.1, 0.15) is 0 Å². The van der Waals surface area contributed by atoms with Crippen molar-refractivity contribution in [1.82, 2.24) is 0 Å². The van der Waals surface area contributed by atoms with Crippen LogP contribution < -0.4 is 0 Å². The van der Waals surface area contributed by atoms with E-state index in [1.165, 1.54) is 0 Å². The molecule has 3 rings (SSSR count). The van der Waals surface area contributed by atoms with Crippen molar-refractivity contribution in [2.75, 3.05) is 19.8 Å². The lowest BCUT2D eigenvalue weighted by Gasteiger charge is -2.20. The van der Waals surface area contributed by atoms with Gasteiger partial charge in [0.25, 0.3) is 0 Å². The van der Waals surface area contributed by atoms with Crippen molar-refractivity contribution in [3.8, 4) is 0 Å². The van der Waals surface area contributed by atoms with E-state index in [0.717, 1.165) is 12.8 Å². The Kier molecular flexibility index (Phi) is 6.20. The first-order valence-electron chi connectivity index (χ1n) is 8.94. The van der Waals surface area contributed by atoms with Gasteiger partial charge in [0, 0.05) is 17.7 Å². The van der Waals surface area contributed by atoms with Crippen LogP contribution >= 0.6 is 15.9 Å². The smallest absolute Gasteiger partial charge is 0.338 e. The Hall–Kier alpha value is -1.18. The second kappa shape index (κ2) is 8.23. The van der Waals surface area contributed by atoms with Gasteiger partial charge in [-0.05, 0) is 72.2 Å². The third-order valence-electron chi connectivity index (χ3n) is 4.68. The molecule has 0 amide bonds. The Labute approximate surface area is 162 Å². The zero-order valence-corrected chi connectivity index (χ0v) is 17.1. The molecule has 26 heavy (non-hydrogen) atoms. The van der Waals surface area contributed by atoms with E-state index >= 15 is 0 Å². The summed E-state index contributed by atoms with van der Waals surface area (Å²) in [6.07, 6.45) is 5.09. The average Bonchev–Trinajstić information content (AvgIpc) is 3.46. The van der Waals surface area contributed by atoms with Crippen LogP contribution in [0.25, 0.3) is 5.57 Å². The zero-order valence-electron chi connectivity index (χ0n) is 14.7. The summed E-state index contributed by atoms with van der Waals surface area (Å²) in [6.45, 7) is 3.42. The highest BCUT2D eigenvalue weighted by Gasteiger charge is 2.38. The van der Waals surface area contributed by atoms with Gasteiger partial charge in [-0.15, -0.1) is 0 Å². The Balaban J connectivity index is 1.94. The summed E-state index contributed by atoms with van der Waals surface area (Å²) in [6, 6.07) is 4.99. The normalized spacial score (nSPS) is 19.4. The predicted molar refractivity (Wildman–Crippen MR) is 103 cm³/mol. The van der Waals surface area contributed by atoms with Crippen LogP contribution in [0.4, 0.5) is 0 Å². The molecule has 2 aliphatic rings. The minimum Gasteiger partial charge on any atom is -0.462 e. The number of hydrogen-bond acceptors (Lipinski definition) is 5. The van der Waals surface area contributed by atoms with Crippen LogP contribution in [-0.2, 0) is 24.1 Å². The van der Waals surface area contributed by atoms with Gasteiger partial charge < -0.3 is 9.47 Å². The molecular formula is C19H23BrO5S. The van der Waals surface area contributed by atoms with Gasteiger partial charge in [-0.3, -0.25) is 0 Å². The highest BCUT2D eigenvalue weighted by atomic mass is 79.9. The maximum absolute atomic E-state index is 12.5. The van der Waals surface area contributed by atoms with Crippen LogP contribution in [0, 0.1) is 5.92 Å². The lowest BCUT2D eigenvalue weighted by molar-refractivity contribution is -0.136. The van der Waals surface area contributed by atoms with E-state index in [4.69, 9.17) is 9.47 Å². The van der Waals surface area contributed by atoms with Crippen molar-refractivity contribution >= 4 is 37.3 Å². The van der Waals surface area contributed by atoms with Crippen LogP contribution in [0.15, 0.2) is 33.6 Å². The van der Waals surface area contributed by atoms with E-state index in [1.54, 1.807) is 25.1 Å². The molecule has 5 nitrogen and oxygen atoms in total. The molecular weight excluding hydrogens is 420 g/mol. The maximum Gasteiger partial charge on any atom is 0.338 e. The van der Waals surface area contributed by atoms with Crippen LogP contribution in [0.5, 0.6) is 0 Å². The van der Waals surface area contributed by atoms with Gasteiger partial charge >= 0.3 is 5.97 Å².